The highest BCUT2D eigenvalue weighted by Crippen LogP contribution is 2.38. The molecule has 2 aromatic carbocycles. The number of carbonyl (C=O) groups excluding carboxylic acids is 1. The zero-order valence-corrected chi connectivity index (χ0v) is 16.0. The number of anilines is 1. The summed E-state index contributed by atoms with van der Waals surface area (Å²) in [5.41, 5.74) is -0.192. The van der Waals surface area contributed by atoms with Crippen LogP contribution in [0.2, 0.25) is 5.02 Å². The summed E-state index contributed by atoms with van der Waals surface area (Å²) in [4.78, 5) is 23.4. The van der Waals surface area contributed by atoms with Crippen molar-refractivity contribution >= 4 is 29.2 Å². The Morgan fingerprint density at radius 3 is 2.31 bits per heavy atom. The van der Waals surface area contributed by atoms with Crippen molar-refractivity contribution in [3.8, 4) is 0 Å². The van der Waals surface area contributed by atoms with E-state index in [-0.39, 0.29) is 29.7 Å². The van der Waals surface area contributed by atoms with Gasteiger partial charge in [-0.2, -0.15) is 13.2 Å². The molecule has 0 fully saturated rings. The minimum absolute atomic E-state index is 0.0390. The SMILES string of the molecule is CC(C(C(=O)Nc1cccc(CCC(=O)O)c1F)c1ccc(Cl)cc1)C(F)(F)F. The van der Waals surface area contributed by atoms with E-state index in [1.807, 2.05) is 0 Å². The Hall–Kier alpha value is -2.61. The number of carbonyl (C=O) groups is 2. The van der Waals surface area contributed by atoms with Crippen molar-refractivity contribution in [3.05, 3.63) is 64.4 Å². The monoisotopic (exact) mass is 431 g/mol. The van der Waals surface area contributed by atoms with Gasteiger partial charge in [-0.15, -0.1) is 0 Å². The van der Waals surface area contributed by atoms with E-state index < -0.39 is 35.7 Å². The molecular formula is C20H18ClF4NO3. The number of hydrogen-bond acceptors (Lipinski definition) is 2. The number of hydrogen-bond donors (Lipinski definition) is 2. The molecule has 0 bridgehead atoms. The molecule has 2 rings (SSSR count). The highest BCUT2D eigenvalue weighted by Gasteiger charge is 2.45. The topological polar surface area (TPSA) is 66.4 Å². The van der Waals surface area contributed by atoms with Crippen LogP contribution in [0.25, 0.3) is 0 Å². The molecule has 9 heteroatoms. The summed E-state index contributed by atoms with van der Waals surface area (Å²) in [6, 6.07) is 9.31. The summed E-state index contributed by atoms with van der Waals surface area (Å²) >= 11 is 5.77. The van der Waals surface area contributed by atoms with Crippen molar-refractivity contribution in [2.45, 2.75) is 31.9 Å². The Kier molecular flexibility index (Phi) is 7.24. The fourth-order valence-electron chi connectivity index (χ4n) is 2.85. The third-order valence-electron chi connectivity index (χ3n) is 4.47. The predicted octanol–water partition coefficient (Wildman–Crippen LogP) is 5.42. The Morgan fingerprint density at radius 1 is 1.14 bits per heavy atom. The van der Waals surface area contributed by atoms with Crippen LogP contribution >= 0.6 is 11.6 Å². The number of nitrogens with one attached hydrogen (secondary N) is 1. The first kappa shape index (κ1) is 22.7. The van der Waals surface area contributed by atoms with Crippen LogP contribution < -0.4 is 5.32 Å². The molecule has 0 aromatic heterocycles. The lowest BCUT2D eigenvalue weighted by Gasteiger charge is -2.26. The van der Waals surface area contributed by atoms with Crippen LogP contribution in [0.1, 0.15) is 30.4 Å². The molecule has 2 atom stereocenters. The van der Waals surface area contributed by atoms with Crippen LogP contribution in [0.3, 0.4) is 0 Å². The van der Waals surface area contributed by atoms with Crippen molar-refractivity contribution in [1.82, 2.24) is 0 Å². The van der Waals surface area contributed by atoms with Gasteiger partial charge in [-0.1, -0.05) is 42.8 Å². The van der Waals surface area contributed by atoms with Crippen molar-refractivity contribution in [2.24, 2.45) is 5.92 Å². The number of aliphatic carboxylic acids is 1. The van der Waals surface area contributed by atoms with Gasteiger partial charge in [0.15, 0.2) is 0 Å². The highest BCUT2D eigenvalue weighted by atomic mass is 35.5. The minimum atomic E-state index is -4.66. The van der Waals surface area contributed by atoms with Gasteiger partial charge in [0.1, 0.15) is 5.82 Å². The van der Waals surface area contributed by atoms with E-state index in [2.05, 4.69) is 5.32 Å². The number of amides is 1. The molecule has 0 heterocycles. The molecular weight excluding hydrogens is 414 g/mol. The van der Waals surface area contributed by atoms with E-state index >= 15 is 0 Å². The number of carboxylic acids is 1. The molecule has 1 amide bonds. The summed E-state index contributed by atoms with van der Waals surface area (Å²) in [5, 5.41) is 11.2. The predicted molar refractivity (Wildman–Crippen MR) is 100 cm³/mol. The van der Waals surface area contributed by atoms with Crippen LogP contribution in [0, 0.1) is 11.7 Å². The standard InChI is InChI=1S/C20H18ClF4NO3/c1-11(20(23,24)25)17(12-5-8-14(21)9-6-12)19(29)26-15-4-2-3-13(18(15)22)7-10-16(27)28/h2-6,8-9,11,17H,7,10H2,1H3,(H,26,29)(H,27,28). The number of benzene rings is 2. The van der Waals surface area contributed by atoms with Crippen LogP contribution in [0.5, 0.6) is 0 Å². The molecule has 2 aromatic rings. The van der Waals surface area contributed by atoms with Gasteiger partial charge in [0.2, 0.25) is 5.91 Å². The summed E-state index contributed by atoms with van der Waals surface area (Å²) in [6.07, 6.45) is -5.11. The van der Waals surface area contributed by atoms with Crippen LogP contribution in [0.15, 0.2) is 42.5 Å². The number of rotatable bonds is 7. The Balaban J connectivity index is 2.34. The van der Waals surface area contributed by atoms with E-state index in [1.54, 1.807) is 0 Å². The lowest BCUT2D eigenvalue weighted by molar-refractivity contribution is -0.178. The lowest BCUT2D eigenvalue weighted by Crippen LogP contribution is -2.34. The molecule has 156 valence electrons. The molecule has 29 heavy (non-hydrogen) atoms. The van der Waals surface area contributed by atoms with Gasteiger partial charge in [0.25, 0.3) is 0 Å². The Bertz CT molecular complexity index is 884. The maximum absolute atomic E-state index is 14.6. The second-order valence-corrected chi connectivity index (χ2v) is 6.96. The molecule has 2 unspecified atom stereocenters. The first-order valence-corrected chi connectivity index (χ1v) is 9.00. The Labute approximate surface area is 169 Å². The first-order valence-electron chi connectivity index (χ1n) is 8.63. The second kappa shape index (κ2) is 9.26. The maximum atomic E-state index is 14.6. The summed E-state index contributed by atoms with van der Waals surface area (Å²) in [6.45, 7) is 0.874. The smallest absolute Gasteiger partial charge is 0.392 e. The first-order chi connectivity index (χ1) is 13.5. The number of aryl methyl sites for hydroxylation is 1. The van der Waals surface area contributed by atoms with E-state index in [0.29, 0.717) is 5.02 Å². The normalized spacial score (nSPS) is 13.6. The second-order valence-electron chi connectivity index (χ2n) is 6.52. The fourth-order valence-corrected chi connectivity index (χ4v) is 2.97. The van der Waals surface area contributed by atoms with Gasteiger partial charge >= 0.3 is 12.1 Å². The van der Waals surface area contributed by atoms with E-state index in [4.69, 9.17) is 16.7 Å². The zero-order chi connectivity index (χ0) is 21.8. The molecule has 0 saturated heterocycles. The lowest BCUT2D eigenvalue weighted by atomic mass is 9.86. The summed E-state index contributed by atoms with van der Waals surface area (Å²) < 4.78 is 54.6. The minimum Gasteiger partial charge on any atom is -0.481 e. The molecule has 0 aliphatic carbocycles. The van der Waals surface area contributed by atoms with Gasteiger partial charge in [0, 0.05) is 11.4 Å². The van der Waals surface area contributed by atoms with Crippen molar-refractivity contribution in [2.75, 3.05) is 5.32 Å². The average Bonchev–Trinajstić information content (AvgIpc) is 2.63. The molecule has 0 spiro atoms. The van der Waals surface area contributed by atoms with Crippen molar-refractivity contribution in [3.63, 3.8) is 0 Å². The summed E-state index contributed by atoms with van der Waals surface area (Å²) in [5.74, 6) is -6.71. The highest BCUT2D eigenvalue weighted by molar-refractivity contribution is 6.30. The van der Waals surface area contributed by atoms with Gasteiger partial charge in [-0.25, -0.2) is 4.39 Å². The van der Waals surface area contributed by atoms with Gasteiger partial charge in [0.05, 0.1) is 17.5 Å². The summed E-state index contributed by atoms with van der Waals surface area (Å²) in [7, 11) is 0. The van der Waals surface area contributed by atoms with Crippen LogP contribution in [-0.4, -0.2) is 23.2 Å². The van der Waals surface area contributed by atoms with Crippen molar-refractivity contribution in [1.29, 1.82) is 0 Å². The van der Waals surface area contributed by atoms with Crippen LogP contribution in [-0.2, 0) is 16.0 Å². The van der Waals surface area contributed by atoms with Gasteiger partial charge < -0.3 is 10.4 Å². The molecule has 2 N–H and O–H groups in total. The number of alkyl halides is 3. The number of halogens is 5. The fraction of sp³-hybridized carbons (Fsp3) is 0.300. The third-order valence-corrected chi connectivity index (χ3v) is 4.72. The molecule has 0 aliphatic rings. The van der Waals surface area contributed by atoms with E-state index in [9.17, 15) is 27.2 Å². The van der Waals surface area contributed by atoms with E-state index in [1.165, 1.54) is 42.5 Å². The van der Waals surface area contributed by atoms with Gasteiger partial charge in [-0.05, 0) is 35.7 Å². The van der Waals surface area contributed by atoms with Gasteiger partial charge in [-0.3, -0.25) is 9.59 Å². The average molecular weight is 432 g/mol. The number of carboxylic acid groups (broad SMARTS) is 1. The molecule has 0 aliphatic heterocycles. The molecule has 0 radical (unpaired) electrons. The maximum Gasteiger partial charge on any atom is 0.392 e. The quantitative estimate of drug-likeness (QED) is 0.575. The molecule has 4 nitrogen and oxygen atoms in total. The van der Waals surface area contributed by atoms with E-state index in [0.717, 1.165) is 6.92 Å². The third kappa shape index (κ3) is 5.93. The molecule has 0 saturated carbocycles. The largest absolute Gasteiger partial charge is 0.481 e. The Morgan fingerprint density at radius 2 is 1.76 bits per heavy atom. The zero-order valence-electron chi connectivity index (χ0n) is 15.3. The van der Waals surface area contributed by atoms with Crippen molar-refractivity contribution < 1.29 is 32.3 Å². The van der Waals surface area contributed by atoms with Crippen LogP contribution in [0.4, 0.5) is 23.2 Å².